The molecular formula is C8H16FO3P. The molecule has 0 aromatic heterocycles. The summed E-state index contributed by atoms with van der Waals surface area (Å²) in [6, 6.07) is 0. The van der Waals surface area contributed by atoms with Crippen LogP contribution in [0.3, 0.4) is 0 Å². The standard InChI is InChI=1S/C8H16FO3P/c1-5-8(4)6-11-13(9,10)12-7(8,2)3/h5-6H2,1-4H3. The van der Waals surface area contributed by atoms with Crippen molar-refractivity contribution in [3.05, 3.63) is 0 Å². The van der Waals surface area contributed by atoms with Crippen LogP contribution in [0, 0.1) is 5.41 Å². The van der Waals surface area contributed by atoms with Crippen LogP contribution in [0.5, 0.6) is 0 Å². The van der Waals surface area contributed by atoms with Crippen molar-refractivity contribution in [2.75, 3.05) is 6.61 Å². The number of rotatable bonds is 1. The quantitative estimate of drug-likeness (QED) is 0.623. The molecule has 5 heteroatoms. The van der Waals surface area contributed by atoms with Gasteiger partial charge in [-0.2, -0.15) is 0 Å². The van der Waals surface area contributed by atoms with Crippen LogP contribution in [0.25, 0.3) is 0 Å². The van der Waals surface area contributed by atoms with Crippen molar-refractivity contribution < 1.29 is 17.8 Å². The van der Waals surface area contributed by atoms with Gasteiger partial charge in [-0.3, -0.25) is 9.05 Å². The van der Waals surface area contributed by atoms with E-state index in [0.29, 0.717) is 0 Å². The Kier molecular flexibility index (Phi) is 2.61. The SMILES string of the molecule is CCC1(C)COP(=O)(F)OC1(C)C. The van der Waals surface area contributed by atoms with Crippen LogP contribution in [0.1, 0.15) is 34.1 Å². The zero-order valence-electron chi connectivity index (χ0n) is 8.46. The van der Waals surface area contributed by atoms with E-state index in [1.807, 2.05) is 13.8 Å². The topological polar surface area (TPSA) is 35.5 Å². The van der Waals surface area contributed by atoms with E-state index in [1.165, 1.54) is 0 Å². The Bertz CT molecular complexity index is 254. The normalized spacial score (nSPS) is 44.7. The molecule has 0 saturated carbocycles. The summed E-state index contributed by atoms with van der Waals surface area (Å²) in [4.78, 5) is 0. The van der Waals surface area contributed by atoms with Crippen LogP contribution >= 0.6 is 7.91 Å². The van der Waals surface area contributed by atoms with Crippen molar-refractivity contribution in [2.24, 2.45) is 5.41 Å². The van der Waals surface area contributed by atoms with Crippen LogP contribution in [0.4, 0.5) is 4.20 Å². The molecule has 1 heterocycles. The van der Waals surface area contributed by atoms with Gasteiger partial charge in [-0.25, -0.2) is 4.57 Å². The smallest absolute Gasteiger partial charge is 0.283 e. The van der Waals surface area contributed by atoms with Gasteiger partial charge in [-0.15, -0.1) is 4.20 Å². The highest BCUT2D eigenvalue weighted by Gasteiger charge is 2.51. The van der Waals surface area contributed by atoms with Gasteiger partial charge >= 0.3 is 7.91 Å². The summed E-state index contributed by atoms with van der Waals surface area (Å²) in [5.41, 5.74) is -1.03. The molecular weight excluding hydrogens is 194 g/mol. The molecule has 3 nitrogen and oxygen atoms in total. The molecule has 0 bridgehead atoms. The maximum absolute atomic E-state index is 13.0. The minimum Gasteiger partial charge on any atom is -0.283 e. The van der Waals surface area contributed by atoms with Gasteiger partial charge in [0, 0.05) is 5.41 Å². The molecule has 0 aromatic carbocycles. The average molecular weight is 210 g/mol. The van der Waals surface area contributed by atoms with Crippen molar-refractivity contribution in [1.82, 2.24) is 0 Å². The summed E-state index contributed by atoms with van der Waals surface area (Å²) in [5.74, 6) is 0. The average Bonchev–Trinajstić information content (AvgIpc) is 1.96. The fourth-order valence-electron chi connectivity index (χ4n) is 1.33. The summed E-state index contributed by atoms with van der Waals surface area (Å²) in [6.45, 7) is 7.54. The van der Waals surface area contributed by atoms with E-state index >= 15 is 0 Å². The van der Waals surface area contributed by atoms with E-state index in [0.717, 1.165) is 6.42 Å². The minimum atomic E-state index is -4.30. The third-order valence-electron chi connectivity index (χ3n) is 3.11. The maximum atomic E-state index is 13.0. The first-order chi connectivity index (χ1) is 5.72. The van der Waals surface area contributed by atoms with Gasteiger partial charge in [0.25, 0.3) is 0 Å². The van der Waals surface area contributed by atoms with E-state index in [4.69, 9.17) is 4.52 Å². The van der Waals surface area contributed by atoms with Gasteiger partial charge in [-0.05, 0) is 20.3 Å². The Morgan fingerprint density at radius 3 is 2.38 bits per heavy atom. The lowest BCUT2D eigenvalue weighted by molar-refractivity contribution is -0.106. The predicted molar refractivity (Wildman–Crippen MR) is 48.2 cm³/mol. The first-order valence-electron chi connectivity index (χ1n) is 4.37. The van der Waals surface area contributed by atoms with Crippen LogP contribution in [-0.2, 0) is 13.6 Å². The zero-order chi connectivity index (χ0) is 10.3. The summed E-state index contributed by atoms with van der Waals surface area (Å²) in [7, 11) is -4.30. The molecule has 1 rings (SSSR count). The Balaban J connectivity index is 2.92. The molecule has 78 valence electrons. The van der Waals surface area contributed by atoms with Crippen LogP contribution in [0.15, 0.2) is 0 Å². The predicted octanol–water partition coefficient (Wildman–Crippen LogP) is 3.31. The first kappa shape index (κ1) is 11.2. The Morgan fingerprint density at radius 1 is 1.46 bits per heavy atom. The van der Waals surface area contributed by atoms with E-state index in [2.05, 4.69) is 4.52 Å². The molecule has 13 heavy (non-hydrogen) atoms. The van der Waals surface area contributed by atoms with E-state index < -0.39 is 13.5 Å². The van der Waals surface area contributed by atoms with E-state index in [1.54, 1.807) is 13.8 Å². The van der Waals surface area contributed by atoms with E-state index in [-0.39, 0.29) is 12.0 Å². The molecule has 1 aliphatic heterocycles. The molecule has 0 radical (unpaired) electrons. The number of halogens is 1. The van der Waals surface area contributed by atoms with Crippen molar-refractivity contribution in [3.63, 3.8) is 0 Å². The van der Waals surface area contributed by atoms with Crippen molar-refractivity contribution in [1.29, 1.82) is 0 Å². The highest BCUT2D eigenvalue weighted by molar-refractivity contribution is 7.48. The Hall–Kier alpha value is 0.0800. The maximum Gasteiger partial charge on any atom is 0.513 e. The second kappa shape index (κ2) is 3.04. The van der Waals surface area contributed by atoms with Gasteiger partial charge in [0.05, 0.1) is 12.2 Å². The Labute approximate surface area is 78.3 Å². The molecule has 2 unspecified atom stereocenters. The van der Waals surface area contributed by atoms with Gasteiger partial charge in [0.2, 0.25) is 0 Å². The molecule has 1 aliphatic rings. The summed E-state index contributed by atoms with van der Waals surface area (Å²) in [5, 5.41) is 0. The van der Waals surface area contributed by atoms with Gasteiger partial charge in [0.15, 0.2) is 0 Å². The highest BCUT2D eigenvalue weighted by Crippen LogP contribution is 2.61. The third-order valence-corrected chi connectivity index (χ3v) is 4.22. The molecule has 1 saturated heterocycles. The molecule has 2 atom stereocenters. The van der Waals surface area contributed by atoms with Crippen LogP contribution < -0.4 is 0 Å². The van der Waals surface area contributed by atoms with Gasteiger partial charge in [0.1, 0.15) is 0 Å². The summed E-state index contributed by atoms with van der Waals surface area (Å²) < 4.78 is 33.3. The fraction of sp³-hybridized carbons (Fsp3) is 1.00. The molecule has 0 aliphatic carbocycles. The Morgan fingerprint density at radius 2 is 2.00 bits per heavy atom. The molecule has 0 aromatic rings. The van der Waals surface area contributed by atoms with Crippen molar-refractivity contribution in [3.8, 4) is 0 Å². The second-order valence-corrected chi connectivity index (χ2v) is 5.52. The highest BCUT2D eigenvalue weighted by atomic mass is 31.2. The first-order valence-corrected chi connectivity index (χ1v) is 5.81. The van der Waals surface area contributed by atoms with Crippen LogP contribution in [-0.4, -0.2) is 12.2 Å². The lowest BCUT2D eigenvalue weighted by atomic mass is 9.74. The monoisotopic (exact) mass is 210 g/mol. The van der Waals surface area contributed by atoms with Gasteiger partial charge in [-0.1, -0.05) is 13.8 Å². The molecule has 0 amide bonds. The zero-order valence-corrected chi connectivity index (χ0v) is 9.36. The minimum absolute atomic E-state index is 0.143. The number of hydrogen-bond donors (Lipinski definition) is 0. The van der Waals surface area contributed by atoms with E-state index in [9.17, 15) is 8.76 Å². The van der Waals surface area contributed by atoms with Crippen LogP contribution in [0.2, 0.25) is 0 Å². The largest absolute Gasteiger partial charge is 0.513 e. The van der Waals surface area contributed by atoms with Crippen molar-refractivity contribution in [2.45, 2.75) is 39.7 Å². The van der Waals surface area contributed by atoms with Crippen molar-refractivity contribution >= 4 is 7.91 Å². The summed E-state index contributed by atoms with van der Waals surface area (Å²) in [6.07, 6.45) is 0.792. The molecule has 0 N–H and O–H groups in total. The summed E-state index contributed by atoms with van der Waals surface area (Å²) >= 11 is 0. The second-order valence-electron chi connectivity index (χ2n) is 4.22. The lowest BCUT2D eigenvalue weighted by Crippen LogP contribution is -2.48. The van der Waals surface area contributed by atoms with Gasteiger partial charge < -0.3 is 0 Å². The lowest BCUT2D eigenvalue weighted by Gasteiger charge is -2.46. The molecule has 1 fully saturated rings. The fourth-order valence-corrected chi connectivity index (χ4v) is 2.59. The number of hydrogen-bond acceptors (Lipinski definition) is 3. The molecule has 0 spiro atoms. The third kappa shape index (κ3) is 1.95.